The molecule has 0 nitrogen and oxygen atoms in total. The van der Waals surface area contributed by atoms with Gasteiger partial charge in [-0.3, -0.25) is 4.70 Å². The van der Waals surface area contributed by atoms with Crippen LogP contribution in [-0.4, -0.2) is 0 Å². The fourth-order valence-electron chi connectivity index (χ4n) is 0. The van der Waals surface area contributed by atoms with Gasteiger partial charge in [0.1, 0.15) is 0 Å². The number of rotatable bonds is 0. The van der Waals surface area contributed by atoms with E-state index in [1.807, 2.05) is 0 Å². The molecule has 40 valence electrons. The first-order valence-corrected chi connectivity index (χ1v) is 0. The molecule has 0 aromatic heterocycles. The minimum atomic E-state index is 0. The van der Waals surface area contributed by atoms with Gasteiger partial charge in [-0.15, -0.1) is 0 Å². The van der Waals surface area contributed by atoms with Gasteiger partial charge in [0.05, 0.1) is 0 Å². The molecule has 0 aromatic carbocycles. The van der Waals surface area contributed by atoms with Crippen LogP contribution in [0.3, 0.4) is 0 Å². The monoisotopic (exact) mass is 276 g/mol. The molecule has 0 aliphatic heterocycles. The van der Waals surface area contributed by atoms with E-state index in [2.05, 4.69) is 0 Å². The van der Waals surface area contributed by atoms with Crippen LogP contribution in [0.15, 0.2) is 0 Å². The molecule has 0 saturated carbocycles. The molecule has 0 unspecified atom stereocenters. The van der Waals surface area contributed by atoms with Gasteiger partial charge in [0.15, 0.2) is 0 Å². The minimum Gasteiger partial charge on any atom is -1.00 e. The van der Waals surface area contributed by atoms with Gasteiger partial charge in [0.2, 0.25) is 0 Å². The van der Waals surface area contributed by atoms with Crippen molar-refractivity contribution in [1.82, 2.24) is 0 Å². The second-order valence-electron chi connectivity index (χ2n) is 0. The van der Waals surface area contributed by atoms with Gasteiger partial charge in [0.25, 0.3) is 0 Å². The number of halogens is 5. The Morgan fingerprint density at radius 3 is 0.500 bits per heavy atom. The van der Waals surface area contributed by atoms with E-state index in [-0.39, 0.29) is 49.4 Å². The van der Waals surface area contributed by atoms with Crippen LogP contribution in [0.1, 0.15) is 0 Å². The van der Waals surface area contributed by atoms with Crippen LogP contribution < -0.4 is 18.8 Å². The molecule has 6 heteroatoms. The Hall–Kier alpha value is 0.520. The molecule has 0 aromatic rings. The molecule has 0 radical (unpaired) electrons. The normalized spacial score (nSPS) is 0. The van der Waals surface area contributed by atoms with Gasteiger partial charge in [0, 0.05) is 0 Å². The zero-order valence-corrected chi connectivity index (χ0v) is 6.01. The topological polar surface area (TPSA) is 0 Å². The van der Waals surface area contributed by atoms with E-state index < -0.39 is 0 Å². The van der Waals surface area contributed by atoms with E-state index in [0.717, 1.165) is 0 Å². The Morgan fingerprint density at radius 2 is 0.500 bits per heavy atom. The largest absolute Gasteiger partial charge is 4.00 e. The maximum absolute atomic E-state index is 0. The molecule has 0 N–H and O–H groups in total. The minimum absolute atomic E-state index is 0. The fourth-order valence-corrected chi connectivity index (χ4v) is 0. The summed E-state index contributed by atoms with van der Waals surface area (Å²) in [4.78, 5) is 0. The smallest absolute Gasteiger partial charge is 1.00 e. The summed E-state index contributed by atoms with van der Waals surface area (Å²) < 4.78 is 0. The average Bonchev–Trinajstić information content (AvgIpc) is 0. The van der Waals surface area contributed by atoms with Crippen molar-refractivity contribution in [1.29, 1.82) is 0 Å². The van der Waals surface area contributed by atoms with E-state index in [9.17, 15) is 0 Å². The van der Waals surface area contributed by atoms with Crippen LogP contribution >= 0.6 is 0 Å². The second-order valence-corrected chi connectivity index (χ2v) is 0. The quantitative estimate of drug-likeness (QED) is 0.304. The summed E-state index contributed by atoms with van der Waals surface area (Å²) in [7, 11) is 0. The molecule has 6 heavy (non-hydrogen) atoms. The summed E-state index contributed by atoms with van der Waals surface area (Å²) >= 11 is 0. The van der Waals surface area contributed by atoms with Gasteiger partial charge in [-0.25, -0.2) is 0 Å². The molecule has 0 atom stereocenters. The molecule has 0 amide bonds. The first-order valence-electron chi connectivity index (χ1n) is 0. The van der Waals surface area contributed by atoms with Gasteiger partial charge in [-0.2, -0.15) is 0 Å². The van der Waals surface area contributed by atoms with Crippen molar-refractivity contribution >= 4 is 0 Å². The van der Waals surface area contributed by atoms with E-state index in [0.29, 0.717) is 0 Å². The summed E-state index contributed by atoms with van der Waals surface area (Å²) in [5.41, 5.74) is 0. The van der Waals surface area contributed by atoms with Crippen molar-refractivity contribution in [3.8, 4) is 0 Å². The Morgan fingerprint density at radius 1 is 0.500 bits per heavy atom. The third kappa shape index (κ3) is 207. The van der Waals surface area contributed by atoms with Gasteiger partial charge in [-0.05, 0) is 0 Å². The molecular weight excluding hydrogens is 273 g/mol. The maximum Gasteiger partial charge on any atom is 4.00 e. The van der Waals surface area contributed by atoms with E-state index >= 15 is 0 Å². The molecule has 0 heterocycles. The Balaban J connectivity index is 0. The molecular formula is HF5Hf. The van der Waals surface area contributed by atoms with Crippen molar-refractivity contribution in [2.24, 2.45) is 0 Å². The van der Waals surface area contributed by atoms with E-state index in [1.54, 1.807) is 0 Å². The molecule has 0 bridgehead atoms. The standard InChI is InChI=1S/5FH.Hf/h5*1H;/q;;;;;+4/p-4. The summed E-state index contributed by atoms with van der Waals surface area (Å²) in [5.74, 6) is 0. The summed E-state index contributed by atoms with van der Waals surface area (Å²) in [6.45, 7) is 0. The molecule has 0 rings (SSSR count). The van der Waals surface area contributed by atoms with Crippen molar-refractivity contribution in [3.63, 3.8) is 0 Å². The molecule has 0 spiro atoms. The summed E-state index contributed by atoms with van der Waals surface area (Å²) in [6.07, 6.45) is 0. The first kappa shape index (κ1) is 734. The zero-order chi connectivity index (χ0) is 0. The SMILES string of the molecule is F.[F-].[F-].[F-].[F-].[Hf+4]. The van der Waals surface area contributed by atoms with Crippen LogP contribution in [0.5, 0.6) is 0 Å². The Labute approximate surface area is 49.9 Å². The van der Waals surface area contributed by atoms with Crippen molar-refractivity contribution < 1.29 is 49.4 Å². The zero-order valence-electron chi connectivity index (χ0n) is 2.42. The molecule has 0 saturated heterocycles. The van der Waals surface area contributed by atoms with Gasteiger partial charge < -0.3 is 18.8 Å². The van der Waals surface area contributed by atoms with Crippen molar-refractivity contribution in [2.75, 3.05) is 0 Å². The fraction of sp³-hybridized carbons (Fsp3) is 0. The predicted molar refractivity (Wildman–Crippen MR) is 2.50 cm³/mol. The average molecular weight is 274 g/mol. The maximum atomic E-state index is 0. The third-order valence-electron chi connectivity index (χ3n) is 0. The predicted octanol–water partition coefficient (Wildman–Crippen LogP) is -11.8. The van der Waals surface area contributed by atoms with Crippen molar-refractivity contribution in [2.45, 2.75) is 0 Å². The van der Waals surface area contributed by atoms with Crippen LogP contribution in [0.25, 0.3) is 0 Å². The molecule has 0 aliphatic carbocycles. The van der Waals surface area contributed by atoms with Gasteiger partial charge in [-0.1, -0.05) is 0 Å². The van der Waals surface area contributed by atoms with Gasteiger partial charge >= 0.3 is 25.8 Å². The van der Waals surface area contributed by atoms with Crippen molar-refractivity contribution in [3.05, 3.63) is 0 Å². The van der Waals surface area contributed by atoms with Crippen LogP contribution in [0.2, 0.25) is 0 Å². The van der Waals surface area contributed by atoms with Crippen LogP contribution in [-0.2, 0) is 25.8 Å². The second kappa shape index (κ2) is 417. The molecule has 0 fully saturated rings. The summed E-state index contributed by atoms with van der Waals surface area (Å²) in [5, 5.41) is 0. The third-order valence-corrected chi connectivity index (χ3v) is 0. The summed E-state index contributed by atoms with van der Waals surface area (Å²) in [6, 6.07) is 0. The van der Waals surface area contributed by atoms with E-state index in [1.165, 1.54) is 0 Å². The molecule has 0 aliphatic rings. The Kier molecular flexibility index (Phi) is 51000. The Bertz CT molecular complexity index is 3.90. The van der Waals surface area contributed by atoms with Crippen LogP contribution in [0, 0.1) is 0 Å². The number of hydrogen-bond acceptors (Lipinski definition) is 0. The van der Waals surface area contributed by atoms with E-state index in [4.69, 9.17) is 0 Å². The van der Waals surface area contributed by atoms with Crippen LogP contribution in [0.4, 0.5) is 4.70 Å². The number of hydrogen-bond donors (Lipinski definition) is 0. The first-order chi connectivity index (χ1) is 0.